The first-order valence-corrected chi connectivity index (χ1v) is 8.38. The van der Waals surface area contributed by atoms with E-state index in [4.69, 9.17) is 0 Å². The van der Waals surface area contributed by atoms with Gasteiger partial charge >= 0.3 is 0 Å². The van der Waals surface area contributed by atoms with E-state index >= 15 is 0 Å². The Kier molecular flexibility index (Phi) is 5.88. The Hall–Kier alpha value is -1.26. The Morgan fingerprint density at radius 1 is 1.33 bits per heavy atom. The summed E-state index contributed by atoms with van der Waals surface area (Å²) in [6, 6.07) is 5.57. The Bertz CT molecular complexity index is 580. The summed E-state index contributed by atoms with van der Waals surface area (Å²) in [5, 5.41) is 6.42. The predicted molar refractivity (Wildman–Crippen MR) is 87.6 cm³/mol. The third-order valence-electron chi connectivity index (χ3n) is 3.68. The molecule has 1 aromatic carbocycles. The molecule has 0 aliphatic carbocycles. The molecule has 2 aromatic rings. The van der Waals surface area contributed by atoms with E-state index in [1.54, 1.807) is 17.4 Å². The number of nitrogens with one attached hydrogen (secondary N) is 1. The Labute approximate surface area is 130 Å². The number of benzene rings is 1. The number of aromatic nitrogens is 1. The third-order valence-corrected chi connectivity index (χ3v) is 4.80. The first-order chi connectivity index (χ1) is 10.1. The fourth-order valence-corrected chi connectivity index (χ4v) is 3.25. The molecule has 0 radical (unpaired) electrons. The molecule has 0 spiro atoms. The number of thiazole rings is 1. The summed E-state index contributed by atoms with van der Waals surface area (Å²) < 4.78 is 13.9. The molecule has 2 rings (SSSR count). The van der Waals surface area contributed by atoms with Crippen LogP contribution in [0.15, 0.2) is 23.6 Å². The number of likely N-dealkylation sites (N-methyl/N-ethyl adjacent to an activating group) is 1. The first kappa shape index (κ1) is 16.1. The van der Waals surface area contributed by atoms with Crippen molar-refractivity contribution in [2.24, 2.45) is 0 Å². The van der Waals surface area contributed by atoms with Gasteiger partial charge in [-0.1, -0.05) is 26.0 Å². The lowest BCUT2D eigenvalue weighted by molar-refractivity contribution is 0.605. The second kappa shape index (κ2) is 7.66. The van der Waals surface area contributed by atoms with Crippen molar-refractivity contribution in [1.29, 1.82) is 0 Å². The SMILES string of the molecule is CCc1ccc(CCc2csc(C(C)CNC)n2)c(F)c1. The van der Waals surface area contributed by atoms with Crippen LogP contribution < -0.4 is 5.32 Å². The van der Waals surface area contributed by atoms with Gasteiger partial charge in [-0.3, -0.25) is 0 Å². The van der Waals surface area contributed by atoms with Crippen LogP contribution in [0.3, 0.4) is 0 Å². The van der Waals surface area contributed by atoms with Crippen LogP contribution in [0.2, 0.25) is 0 Å². The maximum Gasteiger partial charge on any atom is 0.126 e. The Morgan fingerprint density at radius 3 is 2.81 bits per heavy atom. The summed E-state index contributed by atoms with van der Waals surface area (Å²) in [6.45, 7) is 5.14. The molecule has 1 atom stereocenters. The van der Waals surface area contributed by atoms with E-state index in [2.05, 4.69) is 22.6 Å². The first-order valence-electron chi connectivity index (χ1n) is 7.50. The van der Waals surface area contributed by atoms with Gasteiger partial charge < -0.3 is 5.32 Å². The minimum atomic E-state index is -0.0895. The van der Waals surface area contributed by atoms with E-state index in [9.17, 15) is 4.39 Å². The van der Waals surface area contributed by atoms with Crippen LogP contribution in [0.25, 0.3) is 0 Å². The van der Waals surface area contributed by atoms with Crippen molar-refractivity contribution < 1.29 is 4.39 Å². The zero-order valence-electron chi connectivity index (χ0n) is 12.9. The zero-order chi connectivity index (χ0) is 15.2. The molecule has 0 amide bonds. The average molecular weight is 306 g/mol. The van der Waals surface area contributed by atoms with Gasteiger partial charge in [-0.05, 0) is 43.5 Å². The van der Waals surface area contributed by atoms with Gasteiger partial charge in [0.15, 0.2) is 0 Å². The van der Waals surface area contributed by atoms with Gasteiger partial charge in [0.2, 0.25) is 0 Å². The highest BCUT2D eigenvalue weighted by molar-refractivity contribution is 7.09. The van der Waals surface area contributed by atoms with Gasteiger partial charge in [0, 0.05) is 17.8 Å². The number of halogens is 1. The van der Waals surface area contributed by atoms with Crippen LogP contribution in [0.5, 0.6) is 0 Å². The quantitative estimate of drug-likeness (QED) is 0.838. The molecule has 4 heteroatoms. The number of rotatable bonds is 7. The summed E-state index contributed by atoms with van der Waals surface area (Å²) in [4.78, 5) is 4.66. The summed E-state index contributed by atoms with van der Waals surface area (Å²) in [6.07, 6.45) is 2.38. The monoisotopic (exact) mass is 306 g/mol. The average Bonchev–Trinajstić information content (AvgIpc) is 2.95. The molecule has 114 valence electrons. The maximum absolute atomic E-state index is 13.9. The fourth-order valence-electron chi connectivity index (χ4n) is 2.33. The fraction of sp³-hybridized carbons (Fsp3) is 0.471. The number of hydrogen-bond acceptors (Lipinski definition) is 3. The molecule has 1 aromatic heterocycles. The van der Waals surface area contributed by atoms with Crippen molar-refractivity contribution in [3.63, 3.8) is 0 Å². The summed E-state index contributed by atoms with van der Waals surface area (Å²) in [5.74, 6) is 0.336. The minimum absolute atomic E-state index is 0.0895. The van der Waals surface area contributed by atoms with Crippen LogP contribution in [-0.2, 0) is 19.3 Å². The van der Waals surface area contributed by atoms with Crippen LogP contribution in [-0.4, -0.2) is 18.6 Å². The normalized spacial score (nSPS) is 12.6. The molecule has 1 N–H and O–H groups in total. The topological polar surface area (TPSA) is 24.9 Å². The van der Waals surface area contributed by atoms with Crippen LogP contribution in [0.4, 0.5) is 4.39 Å². The predicted octanol–water partition coefficient (Wildman–Crippen LogP) is 3.95. The smallest absolute Gasteiger partial charge is 0.126 e. The molecule has 21 heavy (non-hydrogen) atoms. The number of aryl methyl sites for hydroxylation is 3. The van der Waals surface area contributed by atoms with Crippen LogP contribution in [0, 0.1) is 5.82 Å². The second-order valence-corrected chi connectivity index (χ2v) is 6.30. The van der Waals surface area contributed by atoms with Gasteiger partial charge in [-0.25, -0.2) is 9.37 Å². The van der Waals surface area contributed by atoms with Crippen molar-refractivity contribution in [1.82, 2.24) is 10.3 Å². The Balaban J connectivity index is 1.97. The van der Waals surface area contributed by atoms with Gasteiger partial charge in [0.25, 0.3) is 0 Å². The van der Waals surface area contributed by atoms with Crippen molar-refractivity contribution in [2.45, 2.75) is 39.0 Å². The van der Waals surface area contributed by atoms with Crippen LogP contribution >= 0.6 is 11.3 Å². The zero-order valence-corrected chi connectivity index (χ0v) is 13.8. The minimum Gasteiger partial charge on any atom is -0.319 e. The standard InChI is InChI=1S/C17H23FN2S/c1-4-13-5-6-14(16(18)9-13)7-8-15-11-21-17(20-15)12(2)10-19-3/h5-6,9,11-12,19H,4,7-8,10H2,1-3H3. The van der Waals surface area contributed by atoms with E-state index in [0.29, 0.717) is 12.3 Å². The molecule has 1 unspecified atom stereocenters. The van der Waals surface area contributed by atoms with Crippen molar-refractivity contribution >= 4 is 11.3 Å². The third kappa shape index (κ3) is 4.35. The van der Waals surface area contributed by atoms with Gasteiger partial charge in [-0.2, -0.15) is 0 Å². The summed E-state index contributed by atoms with van der Waals surface area (Å²) in [5.41, 5.74) is 2.90. The molecule has 0 bridgehead atoms. The van der Waals surface area contributed by atoms with E-state index in [1.807, 2.05) is 26.1 Å². The largest absolute Gasteiger partial charge is 0.319 e. The lowest BCUT2D eigenvalue weighted by Crippen LogP contribution is -2.14. The van der Waals surface area contributed by atoms with E-state index in [0.717, 1.165) is 41.2 Å². The van der Waals surface area contributed by atoms with Gasteiger partial charge in [0.05, 0.1) is 10.7 Å². The molecule has 0 saturated carbocycles. The number of nitrogens with zero attached hydrogens (tertiary/aromatic N) is 1. The van der Waals surface area contributed by atoms with E-state index in [1.165, 1.54) is 0 Å². The molecule has 0 fully saturated rings. The molecule has 2 nitrogen and oxygen atoms in total. The molecule has 1 heterocycles. The molecule has 0 aliphatic heterocycles. The van der Waals surface area contributed by atoms with Gasteiger partial charge in [0.1, 0.15) is 5.82 Å². The van der Waals surface area contributed by atoms with Crippen molar-refractivity contribution in [2.75, 3.05) is 13.6 Å². The molecular formula is C17H23FN2S. The van der Waals surface area contributed by atoms with Gasteiger partial charge in [-0.15, -0.1) is 11.3 Å². The van der Waals surface area contributed by atoms with E-state index in [-0.39, 0.29) is 5.82 Å². The molecule has 0 saturated heterocycles. The highest BCUT2D eigenvalue weighted by atomic mass is 32.1. The second-order valence-electron chi connectivity index (χ2n) is 5.42. The maximum atomic E-state index is 13.9. The van der Waals surface area contributed by atoms with E-state index < -0.39 is 0 Å². The van der Waals surface area contributed by atoms with Crippen LogP contribution in [0.1, 0.15) is 41.6 Å². The van der Waals surface area contributed by atoms with Crippen molar-refractivity contribution in [3.8, 4) is 0 Å². The Morgan fingerprint density at radius 2 is 2.14 bits per heavy atom. The summed E-state index contributed by atoms with van der Waals surface area (Å²) >= 11 is 1.70. The highest BCUT2D eigenvalue weighted by Gasteiger charge is 2.10. The molecule has 0 aliphatic rings. The lowest BCUT2D eigenvalue weighted by atomic mass is 10.0. The summed E-state index contributed by atoms with van der Waals surface area (Å²) in [7, 11) is 1.95. The lowest BCUT2D eigenvalue weighted by Gasteiger charge is -2.06. The molecular weight excluding hydrogens is 283 g/mol. The highest BCUT2D eigenvalue weighted by Crippen LogP contribution is 2.21. The number of hydrogen-bond donors (Lipinski definition) is 1. The van der Waals surface area contributed by atoms with Crippen molar-refractivity contribution in [3.05, 3.63) is 51.2 Å².